The molecule has 0 radical (unpaired) electrons. The van der Waals surface area contributed by atoms with Crippen LogP contribution in [-0.4, -0.2) is 27.5 Å². The quantitative estimate of drug-likeness (QED) is 0.574. The topological polar surface area (TPSA) is 69.0 Å². The van der Waals surface area contributed by atoms with Gasteiger partial charge in [-0.1, -0.05) is 30.3 Å². The van der Waals surface area contributed by atoms with Gasteiger partial charge in [-0.2, -0.15) is 4.80 Å². The van der Waals surface area contributed by atoms with Crippen molar-refractivity contribution < 1.29 is 9.53 Å². The van der Waals surface area contributed by atoms with E-state index >= 15 is 0 Å². The van der Waals surface area contributed by atoms with Crippen molar-refractivity contribution in [1.82, 2.24) is 15.0 Å². The number of rotatable bonds is 5. The second-order valence-electron chi connectivity index (χ2n) is 6.56. The Morgan fingerprint density at radius 3 is 2.57 bits per heavy atom. The molecule has 0 aliphatic heterocycles. The lowest BCUT2D eigenvalue weighted by Gasteiger charge is -2.11. The molecule has 1 N–H and O–H groups in total. The van der Waals surface area contributed by atoms with Crippen molar-refractivity contribution in [1.29, 1.82) is 0 Å². The van der Waals surface area contributed by atoms with Gasteiger partial charge < -0.3 is 10.1 Å². The molecule has 0 saturated carbocycles. The molecule has 4 rings (SSSR count). The summed E-state index contributed by atoms with van der Waals surface area (Å²) in [6.45, 7) is 3.94. The summed E-state index contributed by atoms with van der Waals surface area (Å²) in [5, 5.41) is 11.8. The molecule has 0 bridgehead atoms. The van der Waals surface area contributed by atoms with Crippen LogP contribution in [0.3, 0.4) is 0 Å². The van der Waals surface area contributed by atoms with E-state index in [2.05, 4.69) is 15.5 Å². The lowest BCUT2D eigenvalue weighted by atomic mass is 10.1. The van der Waals surface area contributed by atoms with Gasteiger partial charge in [0, 0.05) is 5.69 Å². The second-order valence-corrected chi connectivity index (χ2v) is 6.56. The minimum absolute atomic E-state index is 0.0565. The molecular formula is C22H20N4O2. The molecule has 4 aromatic rings. The molecule has 28 heavy (non-hydrogen) atoms. The first-order valence-corrected chi connectivity index (χ1v) is 9.01. The smallest absolute Gasteiger partial charge is 0.262 e. The highest BCUT2D eigenvalue weighted by Gasteiger charge is 2.09. The molecule has 0 atom stereocenters. The van der Waals surface area contributed by atoms with Crippen LogP contribution in [0.4, 0.5) is 5.69 Å². The normalized spacial score (nSPS) is 10.8. The van der Waals surface area contributed by atoms with Crippen molar-refractivity contribution in [3.63, 3.8) is 0 Å². The Kier molecular flexibility index (Phi) is 4.76. The maximum Gasteiger partial charge on any atom is 0.262 e. The molecule has 0 unspecified atom stereocenters. The van der Waals surface area contributed by atoms with Crippen LogP contribution in [0.15, 0.2) is 66.7 Å². The number of hydrogen-bond acceptors (Lipinski definition) is 4. The zero-order valence-corrected chi connectivity index (χ0v) is 15.7. The first-order chi connectivity index (χ1) is 13.6. The number of benzene rings is 3. The highest BCUT2D eigenvalue weighted by molar-refractivity contribution is 5.93. The van der Waals surface area contributed by atoms with Gasteiger partial charge in [-0.05, 0) is 61.4 Å². The zero-order chi connectivity index (χ0) is 19.5. The average molecular weight is 372 g/mol. The third kappa shape index (κ3) is 3.71. The molecular weight excluding hydrogens is 352 g/mol. The Bertz CT molecular complexity index is 1140. The summed E-state index contributed by atoms with van der Waals surface area (Å²) in [6, 6.07) is 20.9. The predicted octanol–water partition coefficient (Wildman–Crippen LogP) is 4.05. The highest BCUT2D eigenvalue weighted by Crippen LogP contribution is 2.21. The molecule has 1 aromatic heterocycles. The Morgan fingerprint density at radius 2 is 1.75 bits per heavy atom. The van der Waals surface area contributed by atoms with Gasteiger partial charge in [0.2, 0.25) is 0 Å². The van der Waals surface area contributed by atoms with E-state index in [0.29, 0.717) is 11.2 Å². The average Bonchev–Trinajstić information content (AvgIpc) is 3.13. The van der Waals surface area contributed by atoms with E-state index in [1.807, 2.05) is 74.5 Å². The van der Waals surface area contributed by atoms with Gasteiger partial charge in [-0.25, -0.2) is 0 Å². The van der Waals surface area contributed by atoms with Gasteiger partial charge in [0.05, 0.1) is 5.69 Å². The fourth-order valence-electron chi connectivity index (χ4n) is 2.89. The van der Waals surface area contributed by atoms with E-state index in [4.69, 9.17) is 4.74 Å². The Morgan fingerprint density at radius 1 is 0.964 bits per heavy atom. The van der Waals surface area contributed by atoms with E-state index < -0.39 is 0 Å². The number of carbonyl (C=O) groups is 1. The first-order valence-electron chi connectivity index (χ1n) is 9.01. The first kappa shape index (κ1) is 17.7. The van der Waals surface area contributed by atoms with Crippen molar-refractivity contribution >= 4 is 22.6 Å². The Hall–Kier alpha value is -3.67. The van der Waals surface area contributed by atoms with Crippen molar-refractivity contribution in [2.24, 2.45) is 0 Å². The number of nitrogens with zero attached hydrogens (tertiary/aromatic N) is 3. The number of aromatic nitrogens is 3. The summed E-state index contributed by atoms with van der Waals surface area (Å²) in [4.78, 5) is 13.9. The summed E-state index contributed by atoms with van der Waals surface area (Å²) < 4.78 is 5.66. The SMILES string of the molecule is Cc1cccc(OCC(=O)Nc2ccc3nn(-c4ccccc4)nc3c2)c1C. The van der Waals surface area contributed by atoms with Crippen LogP contribution in [0.1, 0.15) is 11.1 Å². The van der Waals surface area contributed by atoms with E-state index in [-0.39, 0.29) is 12.5 Å². The fourth-order valence-corrected chi connectivity index (χ4v) is 2.89. The standard InChI is InChI=1S/C22H20N4O2/c1-15-7-6-10-21(16(15)2)28-14-22(27)23-17-11-12-19-20(13-17)25-26(24-19)18-8-4-3-5-9-18/h3-13H,14H2,1-2H3,(H,23,27). The number of amides is 1. The van der Waals surface area contributed by atoms with Crippen molar-refractivity contribution in [3.8, 4) is 11.4 Å². The van der Waals surface area contributed by atoms with E-state index in [9.17, 15) is 4.79 Å². The van der Waals surface area contributed by atoms with Crippen LogP contribution in [0.25, 0.3) is 16.7 Å². The van der Waals surface area contributed by atoms with Crippen molar-refractivity contribution in [3.05, 3.63) is 77.9 Å². The third-order valence-electron chi connectivity index (χ3n) is 4.56. The van der Waals surface area contributed by atoms with Crippen LogP contribution < -0.4 is 10.1 Å². The third-order valence-corrected chi connectivity index (χ3v) is 4.56. The second kappa shape index (κ2) is 7.52. The molecule has 0 saturated heterocycles. The number of nitrogens with one attached hydrogen (secondary N) is 1. The highest BCUT2D eigenvalue weighted by atomic mass is 16.5. The van der Waals surface area contributed by atoms with Gasteiger partial charge in [0.15, 0.2) is 6.61 Å². The monoisotopic (exact) mass is 372 g/mol. The van der Waals surface area contributed by atoms with Gasteiger partial charge in [0.25, 0.3) is 5.91 Å². The summed E-state index contributed by atoms with van der Waals surface area (Å²) in [6.07, 6.45) is 0. The number of para-hydroxylation sites is 1. The maximum atomic E-state index is 12.3. The number of carbonyl (C=O) groups excluding carboxylic acids is 1. The minimum atomic E-state index is -0.226. The Balaban J connectivity index is 1.45. The number of hydrogen-bond donors (Lipinski definition) is 1. The molecule has 1 heterocycles. The van der Waals surface area contributed by atoms with Crippen LogP contribution in [0.5, 0.6) is 5.75 Å². The van der Waals surface area contributed by atoms with E-state index in [0.717, 1.165) is 28.1 Å². The molecule has 6 nitrogen and oxygen atoms in total. The summed E-state index contributed by atoms with van der Waals surface area (Å²) in [5.74, 6) is 0.493. The lowest BCUT2D eigenvalue weighted by Crippen LogP contribution is -2.20. The molecule has 140 valence electrons. The van der Waals surface area contributed by atoms with E-state index in [1.165, 1.54) is 0 Å². The van der Waals surface area contributed by atoms with Crippen LogP contribution in [0.2, 0.25) is 0 Å². The summed E-state index contributed by atoms with van der Waals surface area (Å²) in [7, 11) is 0. The number of fused-ring (bicyclic) bond motifs is 1. The number of aryl methyl sites for hydroxylation is 1. The van der Waals surface area contributed by atoms with Crippen LogP contribution in [-0.2, 0) is 4.79 Å². The summed E-state index contributed by atoms with van der Waals surface area (Å²) >= 11 is 0. The molecule has 0 fully saturated rings. The molecule has 0 aliphatic rings. The molecule has 1 amide bonds. The van der Waals surface area contributed by atoms with Gasteiger partial charge in [0.1, 0.15) is 16.8 Å². The minimum Gasteiger partial charge on any atom is -0.483 e. The molecule has 0 aliphatic carbocycles. The van der Waals surface area contributed by atoms with Gasteiger partial charge in [-0.15, -0.1) is 10.2 Å². The van der Waals surface area contributed by atoms with E-state index in [1.54, 1.807) is 10.9 Å². The van der Waals surface area contributed by atoms with Crippen molar-refractivity contribution in [2.45, 2.75) is 13.8 Å². The molecule has 3 aromatic carbocycles. The largest absolute Gasteiger partial charge is 0.483 e. The fraction of sp³-hybridized carbons (Fsp3) is 0.136. The lowest BCUT2D eigenvalue weighted by molar-refractivity contribution is -0.118. The predicted molar refractivity (Wildman–Crippen MR) is 109 cm³/mol. The van der Waals surface area contributed by atoms with Gasteiger partial charge >= 0.3 is 0 Å². The summed E-state index contributed by atoms with van der Waals surface area (Å²) in [5.41, 5.74) is 5.16. The zero-order valence-electron chi connectivity index (χ0n) is 15.7. The molecule has 6 heteroatoms. The Labute approximate surface area is 162 Å². The van der Waals surface area contributed by atoms with Crippen LogP contribution in [0, 0.1) is 13.8 Å². The van der Waals surface area contributed by atoms with Gasteiger partial charge in [-0.3, -0.25) is 4.79 Å². The number of ether oxygens (including phenoxy) is 1. The maximum absolute atomic E-state index is 12.3. The van der Waals surface area contributed by atoms with Crippen LogP contribution >= 0.6 is 0 Å². The molecule has 0 spiro atoms. The number of anilines is 1. The van der Waals surface area contributed by atoms with Crippen molar-refractivity contribution in [2.75, 3.05) is 11.9 Å².